The molecule has 0 unspecified atom stereocenters. The minimum absolute atomic E-state index is 0.0496. The van der Waals surface area contributed by atoms with Gasteiger partial charge >= 0.3 is 23.0 Å². The molecule has 150 valence electrons. The van der Waals surface area contributed by atoms with Crippen molar-refractivity contribution in [2.75, 3.05) is 11.9 Å². The first kappa shape index (κ1) is 19.9. The average molecular weight is 397 g/mol. The Kier molecular flexibility index (Phi) is 5.49. The van der Waals surface area contributed by atoms with Gasteiger partial charge in [-0.1, -0.05) is 18.2 Å². The molecule has 0 aliphatic rings. The largest absolute Gasteiger partial charge is 0.459 e. The van der Waals surface area contributed by atoms with Crippen molar-refractivity contribution in [1.82, 2.24) is 9.13 Å². The van der Waals surface area contributed by atoms with Crippen molar-refractivity contribution in [2.45, 2.75) is 6.92 Å². The first-order valence-corrected chi connectivity index (χ1v) is 8.78. The highest BCUT2D eigenvalue weighted by Gasteiger charge is 2.20. The second-order valence-electron chi connectivity index (χ2n) is 6.16. The smallest absolute Gasteiger partial charge is 0.397 e. The molecule has 0 spiro atoms. The minimum atomic E-state index is -1.05. The van der Waals surface area contributed by atoms with Gasteiger partial charge in [0.15, 0.2) is 5.75 Å². The molecule has 0 fully saturated rings. The molecular formula is C20H19N3O6. The van der Waals surface area contributed by atoms with Gasteiger partial charge in [-0.3, -0.25) is 14.4 Å². The van der Waals surface area contributed by atoms with Gasteiger partial charge in [-0.05, 0) is 25.1 Å². The summed E-state index contributed by atoms with van der Waals surface area (Å²) >= 11 is 0. The molecule has 0 aliphatic carbocycles. The highest BCUT2D eigenvalue weighted by molar-refractivity contribution is 6.37. The van der Waals surface area contributed by atoms with Gasteiger partial charge in [-0.25, -0.2) is 4.79 Å². The van der Waals surface area contributed by atoms with E-state index in [1.54, 1.807) is 31.2 Å². The van der Waals surface area contributed by atoms with Crippen molar-refractivity contribution in [3.63, 3.8) is 0 Å². The SMILES string of the molecule is CCOC(=O)C(=O)Nc1cc2c(cc1Oc1ccccc1)n(C)c(=O)c(=O)n2C. The second kappa shape index (κ2) is 8.01. The fourth-order valence-electron chi connectivity index (χ4n) is 2.77. The van der Waals surface area contributed by atoms with Crippen LogP contribution in [-0.2, 0) is 28.4 Å². The van der Waals surface area contributed by atoms with E-state index in [0.29, 0.717) is 16.8 Å². The Bertz CT molecular complexity index is 1210. The van der Waals surface area contributed by atoms with Crippen molar-refractivity contribution in [3.8, 4) is 11.5 Å². The summed E-state index contributed by atoms with van der Waals surface area (Å²) in [5.41, 5.74) is -0.491. The van der Waals surface area contributed by atoms with Crippen molar-refractivity contribution < 1.29 is 19.1 Å². The zero-order chi connectivity index (χ0) is 21.1. The Morgan fingerprint density at radius 2 is 1.55 bits per heavy atom. The van der Waals surface area contributed by atoms with Crippen LogP contribution in [0.15, 0.2) is 52.1 Å². The van der Waals surface area contributed by atoms with E-state index in [0.717, 1.165) is 0 Å². The fraction of sp³-hybridized carbons (Fsp3) is 0.200. The molecule has 29 heavy (non-hydrogen) atoms. The number of ether oxygens (including phenoxy) is 2. The predicted octanol–water partition coefficient (Wildman–Crippen LogP) is 1.53. The van der Waals surface area contributed by atoms with Crippen LogP contribution in [0.2, 0.25) is 0 Å². The molecule has 0 bridgehead atoms. The molecule has 0 aliphatic heterocycles. The summed E-state index contributed by atoms with van der Waals surface area (Å²) in [5, 5.41) is 2.45. The van der Waals surface area contributed by atoms with Gasteiger partial charge in [-0.15, -0.1) is 0 Å². The summed E-state index contributed by atoms with van der Waals surface area (Å²) in [4.78, 5) is 48.2. The number of hydrogen-bond donors (Lipinski definition) is 1. The molecule has 1 aromatic heterocycles. The molecule has 1 N–H and O–H groups in total. The number of amides is 1. The van der Waals surface area contributed by atoms with Gasteiger partial charge in [0.05, 0.1) is 23.3 Å². The lowest BCUT2D eigenvalue weighted by Gasteiger charge is -2.16. The monoisotopic (exact) mass is 397 g/mol. The van der Waals surface area contributed by atoms with Gasteiger partial charge < -0.3 is 23.9 Å². The highest BCUT2D eigenvalue weighted by Crippen LogP contribution is 2.33. The molecule has 9 heteroatoms. The lowest BCUT2D eigenvalue weighted by molar-refractivity contribution is -0.152. The molecule has 3 rings (SSSR count). The Balaban J connectivity index is 2.18. The van der Waals surface area contributed by atoms with Crippen LogP contribution in [-0.4, -0.2) is 27.6 Å². The Hall–Kier alpha value is -3.88. The summed E-state index contributed by atoms with van der Waals surface area (Å²) in [7, 11) is 2.91. The maximum absolute atomic E-state index is 12.2. The second-order valence-corrected chi connectivity index (χ2v) is 6.16. The number of para-hydroxylation sites is 1. The number of aromatic nitrogens is 2. The van der Waals surface area contributed by atoms with Crippen LogP contribution >= 0.6 is 0 Å². The number of hydrogen-bond acceptors (Lipinski definition) is 6. The molecule has 0 radical (unpaired) electrons. The summed E-state index contributed by atoms with van der Waals surface area (Å²) in [6, 6.07) is 11.8. The number of nitrogens with zero attached hydrogens (tertiary/aromatic N) is 2. The molecule has 1 amide bonds. The van der Waals surface area contributed by atoms with E-state index in [1.165, 1.54) is 35.4 Å². The third-order valence-corrected chi connectivity index (χ3v) is 4.27. The number of benzene rings is 2. The van der Waals surface area contributed by atoms with Gasteiger partial charge in [0.2, 0.25) is 0 Å². The van der Waals surface area contributed by atoms with Crippen LogP contribution in [0.4, 0.5) is 5.69 Å². The first-order chi connectivity index (χ1) is 13.8. The number of carbonyl (C=O) groups excluding carboxylic acids is 2. The van der Waals surface area contributed by atoms with Crippen molar-refractivity contribution in [1.29, 1.82) is 0 Å². The molecule has 0 atom stereocenters. The standard InChI is InChI=1S/C20H19N3O6/c1-4-28-20(27)17(24)21-13-10-14-15(23(3)19(26)18(25)22(14)2)11-16(13)29-12-8-6-5-7-9-12/h5-11H,4H2,1-3H3,(H,21,24). The lowest BCUT2D eigenvalue weighted by Crippen LogP contribution is -2.39. The molecule has 0 saturated heterocycles. The summed E-state index contributed by atoms with van der Waals surface area (Å²) < 4.78 is 12.9. The summed E-state index contributed by atoms with van der Waals surface area (Å²) in [6.07, 6.45) is 0. The number of nitrogens with one attached hydrogen (secondary N) is 1. The topological polar surface area (TPSA) is 109 Å². The third kappa shape index (κ3) is 3.88. The third-order valence-electron chi connectivity index (χ3n) is 4.27. The number of anilines is 1. The Labute approximate surface area is 165 Å². The van der Waals surface area contributed by atoms with Crippen LogP contribution in [0.1, 0.15) is 6.92 Å². The maximum Gasteiger partial charge on any atom is 0.397 e. The number of rotatable bonds is 4. The zero-order valence-electron chi connectivity index (χ0n) is 16.1. The van der Waals surface area contributed by atoms with E-state index in [9.17, 15) is 19.2 Å². The van der Waals surface area contributed by atoms with Crippen molar-refractivity contribution >= 4 is 28.6 Å². The predicted molar refractivity (Wildman–Crippen MR) is 106 cm³/mol. The van der Waals surface area contributed by atoms with E-state index in [1.807, 2.05) is 6.07 Å². The van der Waals surface area contributed by atoms with Gasteiger partial charge in [0.1, 0.15) is 5.75 Å². The minimum Gasteiger partial charge on any atom is -0.459 e. The van der Waals surface area contributed by atoms with Crippen LogP contribution in [0.5, 0.6) is 11.5 Å². The molecular weight excluding hydrogens is 378 g/mol. The van der Waals surface area contributed by atoms with Crippen molar-refractivity contribution in [2.24, 2.45) is 14.1 Å². The van der Waals surface area contributed by atoms with E-state index < -0.39 is 23.0 Å². The first-order valence-electron chi connectivity index (χ1n) is 8.78. The number of fused-ring (bicyclic) bond motifs is 1. The normalized spacial score (nSPS) is 10.6. The molecule has 9 nitrogen and oxygen atoms in total. The molecule has 2 aromatic carbocycles. The van der Waals surface area contributed by atoms with Crippen LogP contribution in [0.25, 0.3) is 11.0 Å². The van der Waals surface area contributed by atoms with Gasteiger partial charge in [-0.2, -0.15) is 0 Å². The average Bonchev–Trinajstić information content (AvgIpc) is 2.72. The summed E-state index contributed by atoms with van der Waals surface area (Å²) in [6.45, 7) is 1.63. The number of aryl methyl sites for hydroxylation is 2. The van der Waals surface area contributed by atoms with E-state index in [2.05, 4.69) is 5.32 Å². The maximum atomic E-state index is 12.2. The zero-order valence-corrected chi connectivity index (χ0v) is 16.1. The Morgan fingerprint density at radius 3 is 2.14 bits per heavy atom. The summed E-state index contributed by atoms with van der Waals surface area (Å²) in [5.74, 6) is -1.37. The fourth-order valence-corrected chi connectivity index (χ4v) is 2.77. The van der Waals surface area contributed by atoms with Gasteiger partial charge in [0, 0.05) is 20.2 Å². The van der Waals surface area contributed by atoms with Crippen LogP contribution in [0.3, 0.4) is 0 Å². The van der Waals surface area contributed by atoms with Crippen LogP contribution < -0.4 is 21.2 Å². The Morgan fingerprint density at radius 1 is 0.966 bits per heavy atom. The molecule has 1 heterocycles. The quantitative estimate of drug-likeness (QED) is 0.528. The lowest BCUT2D eigenvalue weighted by atomic mass is 10.2. The molecule has 3 aromatic rings. The van der Waals surface area contributed by atoms with E-state index in [-0.39, 0.29) is 18.0 Å². The van der Waals surface area contributed by atoms with Crippen LogP contribution in [0, 0.1) is 0 Å². The molecule has 0 saturated carbocycles. The highest BCUT2D eigenvalue weighted by atomic mass is 16.5. The number of carbonyl (C=O) groups is 2. The number of esters is 1. The van der Waals surface area contributed by atoms with Crippen molar-refractivity contribution in [3.05, 3.63) is 63.2 Å². The van der Waals surface area contributed by atoms with E-state index in [4.69, 9.17) is 9.47 Å². The van der Waals surface area contributed by atoms with Gasteiger partial charge in [0.25, 0.3) is 0 Å². The van der Waals surface area contributed by atoms with E-state index >= 15 is 0 Å².